The first-order valence-electron chi connectivity index (χ1n) is 5.24. The summed E-state index contributed by atoms with van der Waals surface area (Å²) in [6.45, 7) is 2.64. The molecule has 0 N–H and O–H groups in total. The Morgan fingerprint density at radius 3 is 2.87 bits per heavy atom. The van der Waals surface area contributed by atoms with Crippen LogP contribution in [0.15, 0.2) is 0 Å². The monoisotopic (exact) mass is 236 g/mol. The van der Waals surface area contributed by atoms with E-state index in [0.717, 1.165) is 25.7 Å². The smallest absolute Gasteiger partial charge is 0.430 e. The lowest BCUT2D eigenvalue weighted by molar-refractivity contribution is 0.126. The number of carbonyl (C=O) groups is 1. The first-order valence-corrected chi connectivity index (χ1v) is 6.63. The SMILES string of the molecule is CCCCCCO[PH](=O)C1COC(=O)O1. The minimum absolute atomic E-state index is 0.0472. The van der Waals surface area contributed by atoms with Crippen LogP contribution in [0.4, 0.5) is 4.79 Å². The van der Waals surface area contributed by atoms with Crippen LogP contribution in [0.3, 0.4) is 0 Å². The minimum Gasteiger partial charge on any atom is -0.430 e. The Balaban J connectivity index is 2.06. The number of unbranched alkanes of at least 4 members (excludes halogenated alkanes) is 3. The summed E-state index contributed by atoms with van der Waals surface area (Å²) in [5.74, 6) is -0.686. The van der Waals surface area contributed by atoms with Crippen LogP contribution in [0.1, 0.15) is 32.6 Å². The van der Waals surface area contributed by atoms with Crippen molar-refractivity contribution in [2.75, 3.05) is 13.2 Å². The number of carbonyl (C=O) groups excluding carboxylic acids is 1. The maximum atomic E-state index is 11.4. The highest BCUT2D eigenvalue weighted by Gasteiger charge is 2.30. The van der Waals surface area contributed by atoms with Gasteiger partial charge in [-0.15, -0.1) is 0 Å². The second-order valence-corrected chi connectivity index (χ2v) is 4.97. The third kappa shape index (κ3) is 4.67. The van der Waals surface area contributed by atoms with Gasteiger partial charge in [-0.1, -0.05) is 26.2 Å². The van der Waals surface area contributed by atoms with Gasteiger partial charge in [0.25, 0.3) is 0 Å². The highest BCUT2D eigenvalue weighted by atomic mass is 31.1. The van der Waals surface area contributed by atoms with E-state index in [9.17, 15) is 9.36 Å². The van der Waals surface area contributed by atoms with Gasteiger partial charge in [0.1, 0.15) is 6.61 Å². The van der Waals surface area contributed by atoms with Crippen molar-refractivity contribution in [1.29, 1.82) is 0 Å². The van der Waals surface area contributed by atoms with Crippen molar-refractivity contribution in [1.82, 2.24) is 0 Å². The second kappa shape index (κ2) is 6.85. The normalized spacial score (nSPS) is 22.2. The Morgan fingerprint density at radius 1 is 1.47 bits per heavy atom. The Hall–Kier alpha value is -0.540. The molecular weight excluding hydrogens is 219 g/mol. The zero-order valence-electron chi connectivity index (χ0n) is 8.86. The van der Waals surface area contributed by atoms with Crippen molar-refractivity contribution in [3.63, 3.8) is 0 Å². The molecule has 0 spiro atoms. The summed E-state index contributed by atoms with van der Waals surface area (Å²) in [7, 11) is -2.30. The molecule has 0 bridgehead atoms. The van der Waals surface area contributed by atoms with Gasteiger partial charge < -0.3 is 14.0 Å². The summed E-state index contributed by atoms with van der Waals surface area (Å²) in [5.41, 5.74) is 0. The van der Waals surface area contributed by atoms with Crippen molar-refractivity contribution in [2.45, 2.75) is 38.5 Å². The summed E-state index contributed by atoms with van der Waals surface area (Å²) < 4.78 is 25.7. The molecule has 5 nitrogen and oxygen atoms in total. The lowest BCUT2D eigenvalue weighted by Crippen LogP contribution is -2.05. The summed E-state index contributed by atoms with van der Waals surface area (Å²) in [6, 6.07) is 0. The van der Waals surface area contributed by atoms with Crippen molar-refractivity contribution < 1.29 is 23.4 Å². The molecule has 1 aliphatic rings. The molecule has 1 fully saturated rings. The molecule has 1 aliphatic heterocycles. The fraction of sp³-hybridized carbons (Fsp3) is 0.889. The standard InChI is InChI=1S/C9H17O5P/c1-2-3-4-5-6-13-15(11)8-7-12-9(10)14-8/h8,15H,2-7H2,1H3. The Bertz CT molecular complexity index is 231. The van der Waals surface area contributed by atoms with E-state index < -0.39 is 20.0 Å². The Morgan fingerprint density at radius 2 is 2.27 bits per heavy atom. The predicted molar refractivity (Wildman–Crippen MR) is 55.3 cm³/mol. The average Bonchev–Trinajstić information content (AvgIpc) is 2.64. The summed E-state index contributed by atoms with van der Waals surface area (Å²) >= 11 is 0. The van der Waals surface area contributed by atoms with Gasteiger partial charge in [-0.3, -0.25) is 4.57 Å². The summed E-state index contributed by atoms with van der Waals surface area (Å²) in [5, 5.41) is 0. The zero-order valence-corrected chi connectivity index (χ0v) is 9.86. The van der Waals surface area contributed by atoms with Gasteiger partial charge in [0.15, 0.2) is 0 Å². The third-order valence-corrected chi connectivity index (χ3v) is 3.40. The first kappa shape index (κ1) is 12.5. The second-order valence-electron chi connectivity index (χ2n) is 3.40. The van der Waals surface area contributed by atoms with Gasteiger partial charge in [0, 0.05) is 0 Å². The highest BCUT2D eigenvalue weighted by Crippen LogP contribution is 2.33. The number of hydrogen-bond acceptors (Lipinski definition) is 5. The highest BCUT2D eigenvalue weighted by molar-refractivity contribution is 7.39. The van der Waals surface area contributed by atoms with E-state index in [1.54, 1.807) is 0 Å². The molecule has 0 saturated carbocycles. The predicted octanol–water partition coefficient (Wildman–Crippen LogP) is 2.55. The van der Waals surface area contributed by atoms with E-state index in [1.165, 1.54) is 0 Å². The third-order valence-electron chi connectivity index (χ3n) is 2.10. The van der Waals surface area contributed by atoms with E-state index in [0.29, 0.717) is 6.61 Å². The van der Waals surface area contributed by atoms with Crippen molar-refractivity contribution in [3.05, 3.63) is 0 Å². The fourth-order valence-electron chi connectivity index (χ4n) is 1.24. The van der Waals surface area contributed by atoms with E-state index in [1.807, 2.05) is 0 Å². The van der Waals surface area contributed by atoms with E-state index in [4.69, 9.17) is 4.52 Å². The van der Waals surface area contributed by atoms with Crippen LogP contribution in [0, 0.1) is 0 Å². The lowest BCUT2D eigenvalue weighted by atomic mass is 10.2. The van der Waals surface area contributed by atoms with Gasteiger partial charge in [-0.25, -0.2) is 4.79 Å². The fourth-order valence-corrected chi connectivity index (χ4v) is 2.18. The molecule has 0 aromatic carbocycles. The van der Waals surface area contributed by atoms with E-state index >= 15 is 0 Å². The van der Waals surface area contributed by atoms with Crippen LogP contribution in [-0.4, -0.2) is 25.2 Å². The lowest BCUT2D eigenvalue weighted by Gasteiger charge is -2.07. The summed E-state index contributed by atoms with van der Waals surface area (Å²) in [4.78, 5) is 10.6. The average molecular weight is 236 g/mol. The van der Waals surface area contributed by atoms with E-state index in [2.05, 4.69) is 16.4 Å². The van der Waals surface area contributed by atoms with Crippen LogP contribution in [0.25, 0.3) is 0 Å². The molecule has 6 heteroatoms. The largest absolute Gasteiger partial charge is 0.509 e. The molecule has 0 aromatic rings. The number of ether oxygens (including phenoxy) is 2. The number of hydrogen-bond donors (Lipinski definition) is 0. The van der Waals surface area contributed by atoms with Gasteiger partial charge in [-0.05, 0) is 6.42 Å². The Kier molecular flexibility index (Phi) is 5.73. The maximum Gasteiger partial charge on any atom is 0.509 e. The van der Waals surface area contributed by atoms with Gasteiger partial charge in [0.05, 0.1) is 6.61 Å². The maximum absolute atomic E-state index is 11.4. The quantitative estimate of drug-likeness (QED) is 0.386. The minimum atomic E-state index is -2.30. The molecule has 88 valence electrons. The molecule has 15 heavy (non-hydrogen) atoms. The topological polar surface area (TPSA) is 61.8 Å². The van der Waals surface area contributed by atoms with Crippen LogP contribution in [-0.2, 0) is 18.6 Å². The molecule has 0 aliphatic carbocycles. The first-order chi connectivity index (χ1) is 7.24. The van der Waals surface area contributed by atoms with Crippen molar-refractivity contribution in [3.8, 4) is 0 Å². The van der Waals surface area contributed by atoms with Crippen LogP contribution in [0.5, 0.6) is 0 Å². The molecule has 2 atom stereocenters. The molecule has 0 amide bonds. The molecular formula is C9H17O5P. The Labute approximate surface area is 89.9 Å². The van der Waals surface area contributed by atoms with Gasteiger partial charge in [-0.2, -0.15) is 0 Å². The molecule has 1 rings (SSSR count). The molecule has 0 radical (unpaired) electrons. The molecule has 2 unspecified atom stereocenters. The van der Waals surface area contributed by atoms with Crippen molar-refractivity contribution >= 4 is 14.2 Å². The zero-order chi connectivity index (χ0) is 11.1. The van der Waals surface area contributed by atoms with E-state index in [-0.39, 0.29) is 6.61 Å². The van der Waals surface area contributed by atoms with Crippen LogP contribution in [0.2, 0.25) is 0 Å². The molecule has 0 aromatic heterocycles. The molecule has 1 heterocycles. The summed E-state index contributed by atoms with van der Waals surface area (Å²) in [6.07, 6.45) is 3.53. The van der Waals surface area contributed by atoms with Gasteiger partial charge in [0.2, 0.25) is 13.9 Å². The number of cyclic esters (lactones) is 2. The van der Waals surface area contributed by atoms with Crippen LogP contribution < -0.4 is 0 Å². The number of rotatable bonds is 7. The van der Waals surface area contributed by atoms with Crippen LogP contribution >= 0.6 is 8.03 Å². The molecule has 1 saturated heterocycles. The van der Waals surface area contributed by atoms with Crippen molar-refractivity contribution in [2.24, 2.45) is 0 Å². The van der Waals surface area contributed by atoms with Gasteiger partial charge >= 0.3 is 6.16 Å².